The van der Waals surface area contributed by atoms with E-state index in [-0.39, 0.29) is 24.7 Å². The molecule has 0 unspecified atom stereocenters. The Balaban J connectivity index is 1.34. The van der Waals surface area contributed by atoms with Gasteiger partial charge in [0.1, 0.15) is 24.6 Å². The first-order valence-electron chi connectivity index (χ1n) is 8.79. The molecular formula is C20H21NO5. The van der Waals surface area contributed by atoms with Crippen molar-refractivity contribution in [3.63, 3.8) is 0 Å². The number of benzene rings is 2. The lowest BCUT2D eigenvalue weighted by molar-refractivity contribution is -0.132. The fourth-order valence-electron chi connectivity index (χ4n) is 3.33. The number of rotatable bonds is 4. The van der Waals surface area contributed by atoms with E-state index < -0.39 is 12.2 Å². The van der Waals surface area contributed by atoms with Crippen LogP contribution in [0.15, 0.2) is 54.6 Å². The normalized spacial score (nSPS) is 27.0. The van der Waals surface area contributed by atoms with Gasteiger partial charge in [0.05, 0.1) is 6.04 Å². The lowest BCUT2D eigenvalue weighted by Gasteiger charge is -2.27. The average molecular weight is 355 g/mol. The van der Waals surface area contributed by atoms with Crippen LogP contribution in [0.25, 0.3) is 0 Å². The van der Waals surface area contributed by atoms with Gasteiger partial charge in [0.15, 0.2) is 11.5 Å². The Hall–Kier alpha value is -2.73. The Bertz CT molecular complexity index is 766. The van der Waals surface area contributed by atoms with E-state index in [2.05, 4.69) is 5.32 Å². The summed E-state index contributed by atoms with van der Waals surface area (Å²) < 4.78 is 17.1. The van der Waals surface area contributed by atoms with Crippen LogP contribution in [0.1, 0.15) is 12.8 Å². The number of fused-ring (bicyclic) bond motifs is 1. The summed E-state index contributed by atoms with van der Waals surface area (Å²) in [5, 5.41) is 13.4. The topological polar surface area (TPSA) is 77.0 Å². The standard InChI is InChI=1S/C20H21NO5/c22-19-14(10-11-17(19)25-13-6-2-1-3-7-13)21-20(23)18-12-24-15-8-4-5-9-16(15)26-18/h1-9,14,17-19,22H,10-12H2,(H,21,23)/t14-,17-,18-,19-/m1/s1. The number of para-hydroxylation sites is 3. The number of amides is 1. The van der Waals surface area contributed by atoms with Crippen LogP contribution in [0.5, 0.6) is 17.2 Å². The lowest BCUT2D eigenvalue weighted by atomic mass is 10.2. The number of hydrogen-bond donors (Lipinski definition) is 2. The average Bonchev–Trinajstić information content (AvgIpc) is 3.02. The quantitative estimate of drug-likeness (QED) is 0.876. The molecule has 1 heterocycles. The second-order valence-electron chi connectivity index (χ2n) is 6.52. The van der Waals surface area contributed by atoms with Crippen LogP contribution in [-0.4, -0.2) is 42.0 Å². The van der Waals surface area contributed by atoms with Crippen LogP contribution in [0, 0.1) is 0 Å². The highest BCUT2D eigenvalue weighted by Gasteiger charge is 2.39. The molecule has 2 aliphatic rings. The molecule has 1 saturated carbocycles. The molecule has 2 aromatic carbocycles. The third-order valence-corrected chi connectivity index (χ3v) is 4.71. The van der Waals surface area contributed by atoms with E-state index >= 15 is 0 Å². The van der Waals surface area contributed by atoms with Gasteiger partial charge < -0.3 is 24.6 Å². The van der Waals surface area contributed by atoms with Crippen molar-refractivity contribution in [1.82, 2.24) is 5.32 Å². The summed E-state index contributed by atoms with van der Waals surface area (Å²) in [5.41, 5.74) is 0. The third-order valence-electron chi connectivity index (χ3n) is 4.71. The van der Waals surface area contributed by atoms with E-state index in [1.807, 2.05) is 42.5 Å². The van der Waals surface area contributed by atoms with Gasteiger partial charge in [-0.2, -0.15) is 0 Å². The van der Waals surface area contributed by atoms with Crippen LogP contribution in [0.3, 0.4) is 0 Å². The molecule has 2 N–H and O–H groups in total. The number of hydrogen-bond acceptors (Lipinski definition) is 5. The van der Waals surface area contributed by atoms with Crippen LogP contribution < -0.4 is 19.5 Å². The summed E-state index contributed by atoms with van der Waals surface area (Å²) in [6.07, 6.45) is -0.519. The predicted molar refractivity (Wildman–Crippen MR) is 94.4 cm³/mol. The van der Waals surface area contributed by atoms with E-state index in [9.17, 15) is 9.90 Å². The maximum absolute atomic E-state index is 12.5. The minimum absolute atomic E-state index is 0.148. The second kappa shape index (κ2) is 7.25. The molecule has 136 valence electrons. The fourth-order valence-corrected chi connectivity index (χ4v) is 3.33. The zero-order valence-corrected chi connectivity index (χ0v) is 14.2. The first kappa shape index (κ1) is 16.7. The molecule has 0 saturated heterocycles. The van der Waals surface area contributed by atoms with E-state index in [4.69, 9.17) is 14.2 Å². The van der Waals surface area contributed by atoms with Crippen molar-refractivity contribution in [3.05, 3.63) is 54.6 Å². The summed E-state index contributed by atoms with van der Waals surface area (Å²) in [7, 11) is 0. The van der Waals surface area contributed by atoms with E-state index in [1.165, 1.54) is 0 Å². The van der Waals surface area contributed by atoms with Crippen molar-refractivity contribution in [3.8, 4) is 17.2 Å². The third kappa shape index (κ3) is 3.46. The smallest absolute Gasteiger partial charge is 0.265 e. The number of carbonyl (C=O) groups is 1. The van der Waals surface area contributed by atoms with E-state index in [1.54, 1.807) is 12.1 Å². The Morgan fingerprint density at radius 3 is 2.58 bits per heavy atom. The summed E-state index contributed by atoms with van der Waals surface area (Å²) in [6.45, 7) is 0.148. The Morgan fingerprint density at radius 1 is 1.04 bits per heavy atom. The molecule has 1 amide bonds. The van der Waals surface area contributed by atoms with Gasteiger partial charge in [-0.25, -0.2) is 0 Å². The number of aliphatic hydroxyl groups excluding tert-OH is 1. The Morgan fingerprint density at radius 2 is 1.77 bits per heavy atom. The summed E-state index contributed by atoms with van der Waals surface area (Å²) in [5.74, 6) is 1.61. The van der Waals surface area contributed by atoms with Gasteiger partial charge >= 0.3 is 0 Å². The molecule has 1 aliphatic carbocycles. The highest BCUT2D eigenvalue weighted by Crippen LogP contribution is 2.31. The minimum atomic E-state index is -0.768. The summed E-state index contributed by atoms with van der Waals surface area (Å²) in [4.78, 5) is 12.5. The zero-order chi connectivity index (χ0) is 17.9. The molecule has 4 atom stereocenters. The van der Waals surface area contributed by atoms with Gasteiger partial charge in [0.25, 0.3) is 5.91 Å². The van der Waals surface area contributed by atoms with E-state index in [0.717, 1.165) is 0 Å². The Labute approximate surface area is 151 Å². The fraction of sp³-hybridized carbons (Fsp3) is 0.350. The van der Waals surface area contributed by atoms with Crippen molar-refractivity contribution in [2.75, 3.05) is 6.61 Å². The first-order chi connectivity index (χ1) is 12.7. The van der Waals surface area contributed by atoms with Crippen LogP contribution >= 0.6 is 0 Å². The van der Waals surface area contributed by atoms with Crippen LogP contribution in [0.2, 0.25) is 0 Å². The molecular weight excluding hydrogens is 334 g/mol. The number of carbonyl (C=O) groups excluding carboxylic acids is 1. The number of nitrogens with one attached hydrogen (secondary N) is 1. The SMILES string of the molecule is O=C(N[C@@H]1CC[C@@H](Oc2ccccc2)[C@@H]1O)[C@H]1COc2ccccc2O1. The number of ether oxygens (including phenoxy) is 3. The molecule has 6 heteroatoms. The first-order valence-corrected chi connectivity index (χ1v) is 8.79. The van der Waals surface area contributed by atoms with Crippen molar-refractivity contribution in [2.45, 2.75) is 37.2 Å². The van der Waals surface area contributed by atoms with Gasteiger partial charge in [-0.15, -0.1) is 0 Å². The molecule has 1 fully saturated rings. The summed E-state index contributed by atoms with van der Waals surface area (Å²) in [6, 6.07) is 16.3. The molecule has 0 spiro atoms. The zero-order valence-electron chi connectivity index (χ0n) is 14.2. The van der Waals surface area contributed by atoms with Crippen molar-refractivity contribution < 1.29 is 24.1 Å². The summed E-state index contributed by atoms with van der Waals surface area (Å²) >= 11 is 0. The molecule has 6 nitrogen and oxygen atoms in total. The van der Waals surface area contributed by atoms with Crippen LogP contribution in [-0.2, 0) is 4.79 Å². The molecule has 0 radical (unpaired) electrons. The largest absolute Gasteiger partial charge is 0.488 e. The van der Waals surface area contributed by atoms with Crippen molar-refractivity contribution in [1.29, 1.82) is 0 Å². The van der Waals surface area contributed by atoms with Gasteiger partial charge in [0.2, 0.25) is 6.10 Å². The predicted octanol–water partition coefficient (Wildman–Crippen LogP) is 1.91. The van der Waals surface area contributed by atoms with Gasteiger partial charge in [-0.1, -0.05) is 30.3 Å². The lowest BCUT2D eigenvalue weighted by Crippen LogP contribution is -2.51. The van der Waals surface area contributed by atoms with Gasteiger partial charge in [-0.05, 0) is 37.1 Å². The molecule has 4 rings (SSSR count). The molecule has 0 bridgehead atoms. The number of aliphatic hydroxyl groups is 1. The van der Waals surface area contributed by atoms with Crippen molar-refractivity contribution >= 4 is 5.91 Å². The highest BCUT2D eigenvalue weighted by molar-refractivity contribution is 5.82. The van der Waals surface area contributed by atoms with Gasteiger partial charge in [-0.3, -0.25) is 4.79 Å². The second-order valence-corrected chi connectivity index (χ2v) is 6.52. The van der Waals surface area contributed by atoms with Gasteiger partial charge in [0, 0.05) is 0 Å². The molecule has 2 aromatic rings. The monoisotopic (exact) mass is 355 g/mol. The highest BCUT2D eigenvalue weighted by atomic mass is 16.6. The molecule has 1 aliphatic heterocycles. The maximum atomic E-state index is 12.5. The van der Waals surface area contributed by atoms with Crippen molar-refractivity contribution in [2.24, 2.45) is 0 Å². The molecule has 0 aromatic heterocycles. The van der Waals surface area contributed by atoms with E-state index in [0.29, 0.717) is 30.1 Å². The van der Waals surface area contributed by atoms with Crippen LogP contribution in [0.4, 0.5) is 0 Å². The molecule has 26 heavy (non-hydrogen) atoms. The minimum Gasteiger partial charge on any atom is -0.488 e. The Kier molecular flexibility index (Phi) is 4.67. The maximum Gasteiger partial charge on any atom is 0.265 e.